The van der Waals surface area contributed by atoms with Gasteiger partial charge in [-0.05, 0) is 79.5 Å². The van der Waals surface area contributed by atoms with Crippen molar-refractivity contribution in [2.24, 2.45) is 16.7 Å². The second-order valence-corrected chi connectivity index (χ2v) is 9.44. The molecule has 1 N–H and O–H groups in total. The van der Waals surface area contributed by atoms with Crippen LogP contribution in [0, 0.1) is 16.7 Å². The van der Waals surface area contributed by atoms with Crippen LogP contribution in [0.2, 0.25) is 0 Å². The second kappa shape index (κ2) is 5.01. The fraction of sp³-hybridized carbons (Fsp3) is 0.650. The molecule has 0 aromatic heterocycles. The molecule has 1 aromatic rings. The zero-order valence-electron chi connectivity index (χ0n) is 14.7. The third kappa shape index (κ3) is 2.96. The van der Waals surface area contributed by atoms with Crippen molar-refractivity contribution in [3.05, 3.63) is 35.4 Å². The molecule has 0 saturated heterocycles. The van der Waals surface area contributed by atoms with Crippen molar-refractivity contribution in [3.63, 3.8) is 0 Å². The van der Waals surface area contributed by atoms with Crippen molar-refractivity contribution in [2.75, 3.05) is 0 Å². The first-order chi connectivity index (χ1) is 11.5. The lowest BCUT2D eigenvalue weighted by molar-refractivity contribution is -0.137. The molecule has 0 heterocycles. The number of alkyl halides is 3. The number of benzene rings is 1. The van der Waals surface area contributed by atoms with Crippen LogP contribution in [0.15, 0.2) is 24.3 Å². The zero-order chi connectivity index (χ0) is 18.1. The minimum absolute atomic E-state index is 0.192. The lowest BCUT2D eigenvalue weighted by Crippen LogP contribution is -2.65. The van der Waals surface area contributed by atoms with Gasteiger partial charge in [-0.1, -0.05) is 13.8 Å². The molecule has 1 aromatic carbocycles. The average Bonchev–Trinajstić information content (AvgIpc) is 2.42. The van der Waals surface area contributed by atoms with E-state index in [4.69, 9.17) is 0 Å². The van der Waals surface area contributed by atoms with Gasteiger partial charge >= 0.3 is 6.18 Å². The summed E-state index contributed by atoms with van der Waals surface area (Å²) in [6, 6.07) is 4.53. The van der Waals surface area contributed by atoms with Crippen LogP contribution in [-0.4, -0.2) is 11.4 Å². The zero-order valence-corrected chi connectivity index (χ0v) is 14.7. The van der Waals surface area contributed by atoms with Crippen LogP contribution in [0.25, 0.3) is 0 Å². The third-order valence-corrected chi connectivity index (χ3v) is 6.48. The molecule has 4 saturated carbocycles. The van der Waals surface area contributed by atoms with E-state index in [9.17, 15) is 18.0 Å². The van der Waals surface area contributed by atoms with Gasteiger partial charge in [0.05, 0.1) is 5.56 Å². The van der Waals surface area contributed by atoms with Crippen LogP contribution in [-0.2, 0) is 6.18 Å². The summed E-state index contributed by atoms with van der Waals surface area (Å²) in [6.45, 7) is 4.66. The van der Waals surface area contributed by atoms with E-state index in [1.165, 1.54) is 31.4 Å². The number of amides is 1. The van der Waals surface area contributed by atoms with E-state index in [2.05, 4.69) is 19.2 Å². The highest BCUT2D eigenvalue weighted by Crippen LogP contribution is 2.66. The van der Waals surface area contributed by atoms with Gasteiger partial charge in [-0.15, -0.1) is 0 Å². The smallest absolute Gasteiger partial charge is 0.347 e. The molecule has 4 bridgehead atoms. The molecule has 4 fully saturated rings. The van der Waals surface area contributed by atoms with Crippen LogP contribution < -0.4 is 5.32 Å². The number of nitrogens with one attached hydrogen (secondary N) is 1. The highest BCUT2D eigenvalue weighted by molar-refractivity contribution is 5.94. The maximum Gasteiger partial charge on any atom is 0.416 e. The Morgan fingerprint density at radius 1 is 1.00 bits per heavy atom. The Labute approximate surface area is 146 Å². The predicted molar refractivity (Wildman–Crippen MR) is 89.0 cm³/mol. The van der Waals surface area contributed by atoms with Crippen molar-refractivity contribution in [1.29, 1.82) is 0 Å². The monoisotopic (exact) mass is 351 g/mol. The number of carbonyl (C=O) groups is 1. The Morgan fingerprint density at radius 3 is 2.04 bits per heavy atom. The van der Waals surface area contributed by atoms with Crippen molar-refractivity contribution in [3.8, 4) is 0 Å². The minimum Gasteiger partial charge on any atom is -0.347 e. The predicted octanol–water partition coefficient (Wildman–Crippen LogP) is 5.18. The van der Waals surface area contributed by atoms with E-state index in [0.717, 1.165) is 31.4 Å². The van der Waals surface area contributed by atoms with E-state index in [-0.39, 0.29) is 22.3 Å². The Morgan fingerprint density at radius 2 is 1.56 bits per heavy atom. The van der Waals surface area contributed by atoms with Crippen LogP contribution in [0.4, 0.5) is 13.2 Å². The molecular formula is C20H24F3NO. The van der Waals surface area contributed by atoms with Crippen molar-refractivity contribution < 1.29 is 18.0 Å². The summed E-state index contributed by atoms with van der Waals surface area (Å²) in [6.07, 6.45) is 2.29. The second-order valence-electron chi connectivity index (χ2n) is 9.44. The number of hydrogen-bond donors (Lipinski definition) is 1. The molecule has 0 radical (unpaired) electrons. The number of rotatable bonds is 2. The Balaban J connectivity index is 1.55. The Kier molecular flexibility index (Phi) is 3.39. The van der Waals surface area contributed by atoms with Gasteiger partial charge in [-0.2, -0.15) is 13.2 Å². The molecule has 4 aliphatic rings. The molecular weight excluding hydrogens is 327 g/mol. The van der Waals surface area contributed by atoms with E-state index < -0.39 is 11.7 Å². The van der Waals surface area contributed by atoms with Gasteiger partial charge in [0.25, 0.3) is 5.91 Å². The molecule has 136 valence electrons. The number of halogens is 3. The fourth-order valence-corrected chi connectivity index (χ4v) is 6.71. The van der Waals surface area contributed by atoms with Gasteiger partial charge in [-0.25, -0.2) is 0 Å². The van der Waals surface area contributed by atoms with E-state index >= 15 is 0 Å². The molecule has 25 heavy (non-hydrogen) atoms. The topological polar surface area (TPSA) is 29.1 Å². The maximum absolute atomic E-state index is 12.7. The summed E-state index contributed by atoms with van der Waals surface area (Å²) in [5, 5.41) is 3.23. The molecule has 2 unspecified atom stereocenters. The van der Waals surface area contributed by atoms with Crippen LogP contribution in [0.5, 0.6) is 0 Å². The number of hydrogen-bond acceptors (Lipinski definition) is 1. The summed E-state index contributed by atoms with van der Waals surface area (Å²) >= 11 is 0. The molecule has 1 amide bonds. The summed E-state index contributed by atoms with van der Waals surface area (Å²) in [5.41, 5.74) is -0.0516. The highest BCUT2D eigenvalue weighted by atomic mass is 19.4. The van der Waals surface area contributed by atoms with Crippen LogP contribution >= 0.6 is 0 Å². The van der Waals surface area contributed by atoms with Crippen molar-refractivity contribution in [1.82, 2.24) is 5.32 Å². The third-order valence-electron chi connectivity index (χ3n) is 6.48. The molecule has 5 heteroatoms. The molecule has 5 rings (SSSR count). The van der Waals surface area contributed by atoms with Crippen molar-refractivity contribution in [2.45, 2.75) is 64.1 Å². The molecule has 2 nitrogen and oxygen atoms in total. The first-order valence-corrected chi connectivity index (χ1v) is 9.00. The standard InChI is InChI=1S/C20H24F3NO/c1-17-7-13-8-18(2,10-17)12-19(9-13,11-17)24-16(25)14-3-5-15(6-4-14)20(21,22)23/h3-6,13H,7-12H2,1-2H3,(H,24,25). The Hall–Kier alpha value is -1.52. The SMILES string of the molecule is CC12CC3CC(C)(C1)CC(NC(=O)c1ccc(C(F)(F)F)cc1)(C3)C2. The average molecular weight is 351 g/mol. The Bertz CT molecular complexity index is 691. The molecule has 2 atom stereocenters. The molecule has 0 spiro atoms. The van der Waals surface area contributed by atoms with Gasteiger partial charge in [0, 0.05) is 11.1 Å². The maximum atomic E-state index is 12.7. The first kappa shape index (κ1) is 16.9. The van der Waals surface area contributed by atoms with E-state index in [1.54, 1.807) is 0 Å². The fourth-order valence-electron chi connectivity index (χ4n) is 6.71. The minimum atomic E-state index is -4.38. The van der Waals surface area contributed by atoms with Gasteiger partial charge in [0.1, 0.15) is 0 Å². The van der Waals surface area contributed by atoms with Gasteiger partial charge in [0.15, 0.2) is 0 Å². The lowest BCUT2D eigenvalue weighted by atomic mass is 9.43. The molecule has 0 aliphatic heterocycles. The van der Waals surface area contributed by atoms with Crippen LogP contribution in [0.1, 0.15) is 68.3 Å². The normalized spacial score (nSPS) is 39.5. The molecule has 4 aliphatic carbocycles. The van der Waals surface area contributed by atoms with Gasteiger partial charge in [0.2, 0.25) is 0 Å². The van der Waals surface area contributed by atoms with E-state index in [1.807, 2.05) is 0 Å². The largest absolute Gasteiger partial charge is 0.416 e. The number of carbonyl (C=O) groups excluding carboxylic acids is 1. The summed E-state index contributed by atoms with van der Waals surface area (Å²) in [7, 11) is 0. The van der Waals surface area contributed by atoms with E-state index in [0.29, 0.717) is 11.5 Å². The van der Waals surface area contributed by atoms with Gasteiger partial charge < -0.3 is 5.32 Å². The summed E-state index contributed by atoms with van der Waals surface area (Å²) < 4.78 is 38.1. The quantitative estimate of drug-likeness (QED) is 0.781. The van der Waals surface area contributed by atoms with Gasteiger partial charge in [-0.3, -0.25) is 4.79 Å². The van der Waals surface area contributed by atoms with Crippen molar-refractivity contribution >= 4 is 5.91 Å². The highest BCUT2D eigenvalue weighted by Gasteiger charge is 2.60. The van der Waals surface area contributed by atoms with Crippen LogP contribution in [0.3, 0.4) is 0 Å². The summed E-state index contributed by atoms with van der Waals surface area (Å²) in [4.78, 5) is 12.7. The summed E-state index contributed by atoms with van der Waals surface area (Å²) in [5.74, 6) is 0.405. The first-order valence-electron chi connectivity index (χ1n) is 9.00. The lowest BCUT2D eigenvalue weighted by Gasteiger charge is -2.65.